The van der Waals surface area contributed by atoms with Crippen LogP contribution in [0.5, 0.6) is 11.5 Å². The number of nitriles is 1. The fourth-order valence-corrected chi connectivity index (χ4v) is 3.70. The SMILES string of the molecule is N#Cc1ccc(Oc2ccc(C(=O)NC3CN4CCC3CC4)cc2)cn1. The van der Waals surface area contributed by atoms with E-state index in [1.807, 2.05) is 6.07 Å². The fourth-order valence-electron chi connectivity index (χ4n) is 3.70. The van der Waals surface area contributed by atoms with Crippen LogP contribution in [0, 0.1) is 17.2 Å². The van der Waals surface area contributed by atoms with E-state index in [0.29, 0.717) is 28.7 Å². The minimum Gasteiger partial charge on any atom is -0.456 e. The van der Waals surface area contributed by atoms with Crippen molar-refractivity contribution in [3.05, 3.63) is 53.9 Å². The lowest BCUT2D eigenvalue weighted by Crippen LogP contribution is -2.57. The van der Waals surface area contributed by atoms with Crippen LogP contribution in [0.15, 0.2) is 42.6 Å². The van der Waals surface area contributed by atoms with Gasteiger partial charge in [-0.25, -0.2) is 4.98 Å². The van der Waals surface area contributed by atoms with Gasteiger partial charge in [0.2, 0.25) is 0 Å². The Balaban J connectivity index is 1.37. The number of nitrogens with one attached hydrogen (secondary N) is 1. The highest BCUT2D eigenvalue weighted by Crippen LogP contribution is 2.28. The number of amides is 1. The number of benzene rings is 1. The van der Waals surface area contributed by atoms with Crippen LogP contribution >= 0.6 is 0 Å². The van der Waals surface area contributed by atoms with Crippen molar-refractivity contribution in [2.75, 3.05) is 19.6 Å². The molecule has 2 aromatic rings. The summed E-state index contributed by atoms with van der Waals surface area (Å²) in [6.07, 6.45) is 3.86. The molecular weight excluding hydrogens is 328 g/mol. The number of fused-ring (bicyclic) bond motifs is 3. The number of hydrogen-bond acceptors (Lipinski definition) is 5. The van der Waals surface area contributed by atoms with E-state index in [1.54, 1.807) is 36.4 Å². The third-order valence-corrected chi connectivity index (χ3v) is 5.18. The molecule has 1 atom stereocenters. The zero-order valence-electron chi connectivity index (χ0n) is 14.4. The second-order valence-corrected chi connectivity index (χ2v) is 6.84. The van der Waals surface area contributed by atoms with Crippen molar-refractivity contribution in [3.8, 4) is 17.6 Å². The van der Waals surface area contributed by atoms with E-state index in [9.17, 15) is 4.79 Å². The molecule has 26 heavy (non-hydrogen) atoms. The first-order chi connectivity index (χ1) is 12.7. The van der Waals surface area contributed by atoms with Gasteiger partial charge in [0.1, 0.15) is 23.3 Å². The van der Waals surface area contributed by atoms with E-state index >= 15 is 0 Å². The van der Waals surface area contributed by atoms with Gasteiger partial charge in [0.25, 0.3) is 5.91 Å². The van der Waals surface area contributed by atoms with Gasteiger partial charge in [-0.1, -0.05) is 0 Å². The molecule has 0 saturated carbocycles. The van der Waals surface area contributed by atoms with Crippen molar-refractivity contribution >= 4 is 5.91 Å². The van der Waals surface area contributed by atoms with Crippen LogP contribution in [-0.4, -0.2) is 41.5 Å². The van der Waals surface area contributed by atoms with Crippen molar-refractivity contribution in [2.24, 2.45) is 5.92 Å². The Bertz CT molecular complexity index is 818. The summed E-state index contributed by atoms with van der Waals surface area (Å²) >= 11 is 0. The molecule has 3 aliphatic heterocycles. The van der Waals surface area contributed by atoms with Gasteiger partial charge in [0.15, 0.2) is 0 Å². The lowest BCUT2D eigenvalue weighted by atomic mass is 9.84. The van der Waals surface area contributed by atoms with Gasteiger partial charge < -0.3 is 15.0 Å². The third kappa shape index (κ3) is 3.53. The van der Waals surface area contributed by atoms with Crippen molar-refractivity contribution in [1.82, 2.24) is 15.2 Å². The monoisotopic (exact) mass is 348 g/mol. The number of piperidine rings is 3. The van der Waals surface area contributed by atoms with Crippen molar-refractivity contribution in [1.29, 1.82) is 5.26 Å². The molecule has 4 heterocycles. The number of carbonyl (C=O) groups excluding carboxylic acids is 1. The molecule has 3 fully saturated rings. The number of nitrogens with zero attached hydrogens (tertiary/aromatic N) is 3. The molecule has 3 saturated heterocycles. The lowest BCUT2D eigenvalue weighted by Gasteiger charge is -2.44. The Kier molecular flexibility index (Phi) is 4.55. The maximum atomic E-state index is 12.5. The quantitative estimate of drug-likeness (QED) is 0.919. The molecule has 1 amide bonds. The molecule has 5 rings (SSSR count). The Hall–Kier alpha value is -2.91. The maximum absolute atomic E-state index is 12.5. The van der Waals surface area contributed by atoms with Gasteiger partial charge in [0, 0.05) is 18.2 Å². The number of aromatic nitrogens is 1. The van der Waals surface area contributed by atoms with Gasteiger partial charge in [0.05, 0.1) is 6.20 Å². The summed E-state index contributed by atoms with van der Waals surface area (Å²) < 4.78 is 5.69. The summed E-state index contributed by atoms with van der Waals surface area (Å²) in [6.45, 7) is 3.28. The topological polar surface area (TPSA) is 78.2 Å². The minimum absolute atomic E-state index is 0.0321. The molecule has 1 N–H and O–H groups in total. The highest BCUT2D eigenvalue weighted by molar-refractivity contribution is 5.94. The van der Waals surface area contributed by atoms with E-state index in [1.165, 1.54) is 19.0 Å². The molecule has 1 aromatic heterocycles. The van der Waals surface area contributed by atoms with Gasteiger partial charge in [-0.2, -0.15) is 5.26 Å². The molecule has 3 aliphatic rings. The van der Waals surface area contributed by atoms with Crippen molar-refractivity contribution in [3.63, 3.8) is 0 Å². The van der Waals surface area contributed by atoms with Crippen LogP contribution in [0.4, 0.5) is 0 Å². The predicted octanol–water partition coefficient (Wildman–Crippen LogP) is 2.57. The number of pyridine rings is 1. The molecule has 0 radical (unpaired) electrons. The van der Waals surface area contributed by atoms with E-state index in [4.69, 9.17) is 10.00 Å². The fraction of sp³-hybridized carbons (Fsp3) is 0.350. The highest BCUT2D eigenvalue weighted by Gasteiger charge is 2.34. The zero-order valence-corrected chi connectivity index (χ0v) is 14.4. The predicted molar refractivity (Wildman–Crippen MR) is 95.9 cm³/mol. The van der Waals surface area contributed by atoms with Gasteiger partial charge >= 0.3 is 0 Å². The smallest absolute Gasteiger partial charge is 0.251 e. The third-order valence-electron chi connectivity index (χ3n) is 5.18. The molecule has 0 spiro atoms. The standard InChI is InChI=1S/C20H20N4O2/c21-11-16-3-6-18(12-22-16)26-17-4-1-15(2-5-17)20(25)23-19-13-24-9-7-14(19)8-10-24/h1-6,12,14,19H,7-10,13H2,(H,23,25). The number of rotatable bonds is 4. The van der Waals surface area contributed by atoms with Gasteiger partial charge in [-0.15, -0.1) is 0 Å². The highest BCUT2D eigenvalue weighted by atomic mass is 16.5. The Morgan fingerprint density at radius 1 is 1.15 bits per heavy atom. The molecule has 6 heteroatoms. The van der Waals surface area contributed by atoms with Crippen LogP contribution in [0.25, 0.3) is 0 Å². The second-order valence-electron chi connectivity index (χ2n) is 6.84. The number of ether oxygens (including phenoxy) is 1. The average molecular weight is 348 g/mol. The normalized spacial score (nSPS) is 23.9. The van der Waals surface area contributed by atoms with E-state index < -0.39 is 0 Å². The van der Waals surface area contributed by atoms with Crippen LogP contribution in [0.3, 0.4) is 0 Å². The van der Waals surface area contributed by atoms with Gasteiger partial charge in [-0.05, 0) is 68.2 Å². The Morgan fingerprint density at radius 2 is 1.88 bits per heavy atom. The van der Waals surface area contributed by atoms with Crippen molar-refractivity contribution < 1.29 is 9.53 Å². The van der Waals surface area contributed by atoms with E-state index in [2.05, 4.69) is 15.2 Å². The molecule has 1 unspecified atom stereocenters. The average Bonchev–Trinajstić information content (AvgIpc) is 2.70. The van der Waals surface area contributed by atoms with E-state index in [0.717, 1.165) is 19.6 Å². The van der Waals surface area contributed by atoms with Crippen LogP contribution in [0.2, 0.25) is 0 Å². The minimum atomic E-state index is -0.0321. The first-order valence-corrected chi connectivity index (χ1v) is 8.88. The summed E-state index contributed by atoms with van der Waals surface area (Å²) in [5.41, 5.74) is 0.976. The summed E-state index contributed by atoms with van der Waals surface area (Å²) in [4.78, 5) is 18.9. The van der Waals surface area contributed by atoms with Crippen LogP contribution in [-0.2, 0) is 0 Å². The second kappa shape index (κ2) is 7.14. The van der Waals surface area contributed by atoms with E-state index in [-0.39, 0.29) is 11.9 Å². The Labute approximate surface area is 152 Å². The zero-order chi connectivity index (χ0) is 17.9. The molecule has 6 nitrogen and oxygen atoms in total. The molecule has 1 aromatic carbocycles. The largest absolute Gasteiger partial charge is 0.456 e. The first-order valence-electron chi connectivity index (χ1n) is 8.88. The number of hydrogen-bond donors (Lipinski definition) is 1. The summed E-state index contributed by atoms with van der Waals surface area (Å²) in [5.74, 6) is 1.75. The molecular formula is C20H20N4O2. The molecule has 132 valence electrons. The summed E-state index contributed by atoms with van der Waals surface area (Å²) in [5, 5.41) is 11.9. The number of carbonyl (C=O) groups is 1. The van der Waals surface area contributed by atoms with Gasteiger partial charge in [-0.3, -0.25) is 4.79 Å². The lowest BCUT2D eigenvalue weighted by molar-refractivity contribution is 0.0620. The van der Waals surface area contributed by atoms with Crippen LogP contribution < -0.4 is 10.1 Å². The van der Waals surface area contributed by atoms with Crippen LogP contribution in [0.1, 0.15) is 28.9 Å². The summed E-state index contributed by atoms with van der Waals surface area (Å²) in [6, 6.07) is 12.6. The molecule has 0 aliphatic carbocycles. The molecule has 2 bridgehead atoms. The summed E-state index contributed by atoms with van der Waals surface area (Å²) in [7, 11) is 0. The first kappa shape index (κ1) is 16.6. The maximum Gasteiger partial charge on any atom is 0.251 e. The van der Waals surface area contributed by atoms with Crippen molar-refractivity contribution in [2.45, 2.75) is 18.9 Å². The Morgan fingerprint density at radius 3 is 2.46 bits per heavy atom.